The second-order valence-corrected chi connectivity index (χ2v) is 6.27. The lowest BCUT2D eigenvalue weighted by Gasteiger charge is -2.24. The molecule has 0 aromatic rings. The number of hydrogen-bond acceptors (Lipinski definition) is 3. The van der Waals surface area contributed by atoms with E-state index in [2.05, 4.69) is 0 Å². The van der Waals surface area contributed by atoms with Gasteiger partial charge in [0.1, 0.15) is 0 Å². The Morgan fingerprint density at radius 2 is 1.80 bits per heavy atom. The van der Waals surface area contributed by atoms with E-state index in [1.165, 1.54) is 11.2 Å². The Hall–Kier alpha value is -0.620. The van der Waals surface area contributed by atoms with E-state index in [-0.39, 0.29) is 6.54 Å². The van der Waals surface area contributed by atoms with Gasteiger partial charge >= 0.3 is 5.97 Å². The maximum absolute atomic E-state index is 11.8. The highest BCUT2D eigenvalue weighted by Crippen LogP contribution is 2.11. The van der Waals surface area contributed by atoms with Crippen molar-refractivity contribution in [2.45, 2.75) is 32.9 Å². The summed E-state index contributed by atoms with van der Waals surface area (Å²) in [6.45, 7) is 6.71. The summed E-state index contributed by atoms with van der Waals surface area (Å²) in [5.74, 6) is -1.66. The van der Waals surface area contributed by atoms with Crippen molar-refractivity contribution in [3.8, 4) is 0 Å². The lowest BCUT2D eigenvalue weighted by Crippen LogP contribution is -2.40. The fourth-order valence-electron chi connectivity index (χ4n) is 1.09. The van der Waals surface area contributed by atoms with Crippen LogP contribution in [0.15, 0.2) is 0 Å². The standard InChI is InChI=1S/C9H19NO4S/c1-5-10(6-8(4)9(11)12)15(13,14)7(2)3/h7-8H,5-6H2,1-4H3,(H,11,12). The minimum absolute atomic E-state index is 0.0341. The van der Waals surface area contributed by atoms with Gasteiger partial charge in [-0.3, -0.25) is 4.79 Å². The SMILES string of the molecule is CCN(CC(C)C(=O)O)S(=O)(=O)C(C)C. The second-order valence-electron chi connectivity index (χ2n) is 3.78. The van der Waals surface area contributed by atoms with Gasteiger partial charge in [0.05, 0.1) is 11.2 Å². The van der Waals surface area contributed by atoms with Crippen molar-refractivity contribution in [1.82, 2.24) is 4.31 Å². The van der Waals surface area contributed by atoms with E-state index in [1.54, 1.807) is 20.8 Å². The van der Waals surface area contributed by atoms with Crippen LogP contribution < -0.4 is 0 Å². The van der Waals surface area contributed by atoms with Crippen molar-refractivity contribution in [3.63, 3.8) is 0 Å². The molecule has 0 fully saturated rings. The molecule has 0 spiro atoms. The Morgan fingerprint density at radius 1 is 1.33 bits per heavy atom. The molecule has 0 aliphatic heterocycles. The number of carbonyl (C=O) groups is 1. The zero-order valence-corrected chi connectivity index (χ0v) is 10.4. The monoisotopic (exact) mass is 237 g/mol. The summed E-state index contributed by atoms with van der Waals surface area (Å²) in [6, 6.07) is 0. The van der Waals surface area contributed by atoms with Crippen LogP contribution in [0.4, 0.5) is 0 Å². The molecule has 0 aliphatic carbocycles. The summed E-state index contributed by atoms with van der Waals surface area (Å²) >= 11 is 0. The van der Waals surface area contributed by atoms with E-state index in [0.717, 1.165) is 0 Å². The van der Waals surface area contributed by atoms with Gasteiger partial charge in [-0.15, -0.1) is 0 Å². The fraction of sp³-hybridized carbons (Fsp3) is 0.889. The summed E-state index contributed by atoms with van der Waals surface area (Å²) in [4.78, 5) is 10.6. The van der Waals surface area contributed by atoms with Gasteiger partial charge < -0.3 is 5.11 Å². The molecule has 0 aromatic heterocycles. The van der Waals surface area contributed by atoms with Crippen molar-refractivity contribution >= 4 is 16.0 Å². The molecule has 0 aliphatic rings. The highest BCUT2D eigenvalue weighted by Gasteiger charge is 2.27. The molecule has 0 radical (unpaired) electrons. The van der Waals surface area contributed by atoms with Crippen LogP contribution in [0.2, 0.25) is 0 Å². The summed E-state index contributed by atoms with van der Waals surface area (Å²) < 4.78 is 24.7. The second kappa shape index (κ2) is 5.46. The first-order chi connectivity index (χ1) is 6.73. The summed E-state index contributed by atoms with van der Waals surface area (Å²) in [6.07, 6.45) is 0. The van der Waals surface area contributed by atoms with Crippen molar-refractivity contribution in [2.24, 2.45) is 5.92 Å². The molecule has 1 N–H and O–H groups in total. The van der Waals surface area contributed by atoms with Crippen LogP contribution in [0.25, 0.3) is 0 Å². The zero-order valence-electron chi connectivity index (χ0n) is 9.60. The highest BCUT2D eigenvalue weighted by molar-refractivity contribution is 7.89. The summed E-state index contributed by atoms with van der Waals surface area (Å²) in [5.41, 5.74) is 0. The molecule has 1 unspecified atom stereocenters. The number of aliphatic carboxylic acids is 1. The number of hydrogen-bond donors (Lipinski definition) is 1. The van der Waals surface area contributed by atoms with Crippen LogP contribution in [0.1, 0.15) is 27.7 Å². The van der Waals surface area contributed by atoms with Gasteiger partial charge in [-0.1, -0.05) is 13.8 Å². The molecule has 0 heterocycles. The molecule has 6 heteroatoms. The van der Waals surface area contributed by atoms with Crippen LogP contribution in [0.3, 0.4) is 0 Å². The Kier molecular flexibility index (Phi) is 5.23. The van der Waals surface area contributed by atoms with E-state index in [4.69, 9.17) is 5.11 Å². The number of rotatable bonds is 6. The summed E-state index contributed by atoms with van der Waals surface area (Å²) in [5, 5.41) is 8.19. The van der Waals surface area contributed by atoms with Crippen molar-refractivity contribution in [3.05, 3.63) is 0 Å². The van der Waals surface area contributed by atoms with Gasteiger partial charge in [0.2, 0.25) is 10.0 Å². The zero-order chi connectivity index (χ0) is 12.2. The lowest BCUT2D eigenvalue weighted by atomic mass is 10.2. The molecular weight excluding hydrogens is 218 g/mol. The normalized spacial score (nSPS) is 14.5. The molecule has 0 saturated carbocycles. The van der Waals surface area contributed by atoms with Crippen molar-refractivity contribution < 1.29 is 18.3 Å². The topological polar surface area (TPSA) is 74.7 Å². The minimum Gasteiger partial charge on any atom is -0.481 e. The van der Waals surface area contributed by atoms with Gasteiger partial charge in [0.25, 0.3) is 0 Å². The Bertz CT molecular complexity index is 310. The molecule has 1 atom stereocenters. The predicted molar refractivity (Wildman–Crippen MR) is 58.1 cm³/mol. The van der Waals surface area contributed by atoms with Crippen LogP contribution in [0.5, 0.6) is 0 Å². The van der Waals surface area contributed by atoms with E-state index in [9.17, 15) is 13.2 Å². The van der Waals surface area contributed by atoms with E-state index >= 15 is 0 Å². The first-order valence-corrected chi connectivity index (χ1v) is 6.45. The third-order valence-electron chi connectivity index (χ3n) is 2.21. The molecular formula is C9H19NO4S. The predicted octanol–water partition coefficient (Wildman–Crippen LogP) is 0.767. The van der Waals surface area contributed by atoms with Gasteiger partial charge in [0, 0.05) is 13.1 Å². The Morgan fingerprint density at radius 3 is 2.07 bits per heavy atom. The van der Waals surface area contributed by atoms with E-state index in [0.29, 0.717) is 6.54 Å². The van der Waals surface area contributed by atoms with Crippen molar-refractivity contribution in [2.75, 3.05) is 13.1 Å². The van der Waals surface area contributed by atoms with Gasteiger partial charge in [0.15, 0.2) is 0 Å². The van der Waals surface area contributed by atoms with Crippen LogP contribution >= 0.6 is 0 Å². The van der Waals surface area contributed by atoms with Gasteiger partial charge in [-0.2, -0.15) is 0 Å². The summed E-state index contributed by atoms with van der Waals surface area (Å²) in [7, 11) is -3.35. The molecule has 90 valence electrons. The average Bonchev–Trinajstić information content (AvgIpc) is 2.12. The number of sulfonamides is 1. The number of carboxylic acids is 1. The highest BCUT2D eigenvalue weighted by atomic mass is 32.2. The fourth-order valence-corrected chi connectivity index (χ4v) is 2.48. The van der Waals surface area contributed by atoms with Crippen molar-refractivity contribution in [1.29, 1.82) is 0 Å². The molecule has 0 saturated heterocycles. The molecule has 0 amide bonds. The number of carboxylic acid groups (broad SMARTS) is 1. The Labute approximate surface area is 91.1 Å². The molecule has 0 aromatic carbocycles. The van der Waals surface area contributed by atoms with E-state index in [1.807, 2.05) is 0 Å². The molecule has 0 rings (SSSR count). The average molecular weight is 237 g/mol. The van der Waals surface area contributed by atoms with E-state index < -0.39 is 27.2 Å². The number of nitrogens with zero attached hydrogens (tertiary/aromatic N) is 1. The van der Waals surface area contributed by atoms with Gasteiger partial charge in [-0.05, 0) is 13.8 Å². The maximum Gasteiger partial charge on any atom is 0.307 e. The smallest absolute Gasteiger partial charge is 0.307 e. The largest absolute Gasteiger partial charge is 0.481 e. The molecule has 15 heavy (non-hydrogen) atoms. The maximum atomic E-state index is 11.8. The lowest BCUT2D eigenvalue weighted by molar-refractivity contribution is -0.141. The quantitative estimate of drug-likeness (QED) is 0.740. The first kappa shape index (κ1) is 14.4. The third kappa shape index (κ3) is 3.79. The Balaban J connectivity index is 4.72. The minimum atomic E-state index is -3.35. The molecule has 5 nitrogen and oxygen atoms in total. The van der Waals surface area contributed by atoms with Gasteiger partial charge in [-0.25, -0.2) is 12.7 Å². The first-order valence-electron chi connectivity index (χ1n) is 4.95. The van der Waals surface area contributed by atoms with Crippen LogP contribution in [-0.4, -0.2) is 42.1 Å². The van der Waals surface area contributed by atoms with Crippen LogP contribution in [-0.2, 0) is 14.8 Å². The molecule has 0 bridgehead atoms. The van der Waals surface area contributed by atoms with Crippen LogP contribution in [0, 0.1) is 5.92 Å². The third-order valence-corrected chi connectivity index (χ3v) is 4.53.